The third-order valence-electron chi connectivity index (χ3n) is 3.32. The number of rotatable bonds is 3. The fourth-order valence-corrected chi connectivity index (χ4v) is 2.63. The fraction of sp³-hybridized carbons (Fsp3) is 0. The lowest BCUT2D eigenvalue weighted by atomic mass is 10.1. The Bertz CT molecular complexity index is 984. The fourth-order valence-electron chi connectivity index (χ4n) is 2.18. The molecule has 0 aliphatic heterocycles. The number of ether oxygens (including phenoxy) is 1. The molecule has 0 saturated carbocycles. The summed E-state index contributed by atoms with van der Waals surface area (Å²) in [6.45, 7) is 0. The normalized spacial score (nSPS) is 10.3. The van der Waals surface area contributed by atoms with Crippen molar-refractivity contribution in [1.82, 2.24) is 9.97 Å². The topological polar surface area (TPSA) is 111 Å². The van der Waals surface area contributed by atoms with Crippen LogP contribution < -0.4 is 16.2 Å². The molecule has 6 nitrogen and oxygen atoms in total. The zero-order valence-corrected chi connectivity index (χ0v) is 14.2. The highest BCUT2D eigenvalue weighted by Crippen LogP contribution is 2.33. The van der Waals surface area contributed by atoms with Gasteiger partial charge in [0.15, 0.2) is 0 Å². The molecule has 0 spiro atoms. The first-order valence-electron chi connectivity index (χ1n) is 7.04. The van der Waals surface area contributed by atoms with Crippen LogP contribution in [0.2, 0.25) is 10.0 Å². The van der Waals surface area contributed by atoms with Gasteiger partial charge in [-0.25, -0.2) is 4.98 Å². The third kappa shape index (κ3) is 3.58. The van der Waals surface area contributed by atoms with Crippen LogP contribution in [0.5, 0.6) is 11.5 Å². The van der Waals surface area contributed by atoms with E-state index >= 15 is 0 Å². The largest absolute Gasteiger partial charge is 0.456 e. The van der Waals surface area contributed by atoms with Crippen molar-refractivity contribution in [3.8, 4) is 28.8 Å². The standard InChI is InChI=1S/C17H11Cl2N5O/c18-10-3-6-14(13(19)7-10)25-11-4-1-9(2-5-11)15-12(8-20)16(21)24-17(22)23-15/h1-7H,(H4,21,22,23,24). The number of hydrogen-bond donors (Lipinski definition) is 2. The molecule has 3 aromatic rings. The molecule has 2 aromatic carbocycles. The van der Waals surface area contributed by atoms with Crippen LogP contribution in [0.3, 0.4) is 0 Å². The zero-order chi connectivity index (χ0) is 18.0. The number of halogens is 2. The van der Waals surface area contributed by atoms with E-state index in [1.54, 1.807) is 42.5 Å². The van der Waals surface area contributed by atoms with Gasteiger partial charge in [0.05, 0.1) is 10.7 Å². The molecule has 8 heteroatoms. The van der Waals surface area contributed by atoms with E-state index in [2.05, 4.69) is 9.97 Å². The molecule has 4 N–H and O–H groups in total. The Morgan fingerprint density at radius 2 is 1.72 bits per heavy atom. The van der Waals surface area contributed by atoms with Gasteiger partial charge in [0.2, 0.25) is 5.95 Å². The van der Waals surface area contributed by atoms with Gasteiger partial charge in [0.1, 0.15) is 28.9 Å². The molecule has 0 atom stereocenters. The molecule has 1 heterocycles. The number of benzene rings is 2. The maximum absolute atomic E-state index is 9.25. The Balaban J connectivity index is 1.92. The lowest BCUT2D eigenvalue weighted by molar-refractivity contribution is 0.483. The molecule has 0 saturated heterocycles. The van der Waals surface area contributed by atoms with E-state index in [1.165, 1.54) is 0 Å². The SMILES string of the molecule is N#Cc1c(N)nc(N)nc1-c1ccc(Oc2ccc(Cl)cc2Cl)cc1. The average Bonchev–Trinajstić information content (AvgIpc) is 2.57. The number of nitriles is 1. The number of aromatic nitrogens is 2. The van der Waals surface area contributed by atoms with Crippen molar-refractivity contribution in [3.05, 3.63) is 58.1 Å². The van der Waals surface area contributed by atoms with Crippen LogP contribution in [0.4, 0.5) is 11.8 Å². The minimum absolute atomic E-state index is 0.000211. The van der Waals surface area contributed by atoms with E-state index in [4.69, 9.17) is 39.4 Å². The number of nitrogens with zero attached hydrogens (tertiary/aromatic N) is 3. The van der Waals surface area contributed by atoms with Gasteiger partial charge in [0.25, 0.3) is 0 Å². The van der Waals surface area contributed by atoms with Gasteiger partial charge in [-0.2, -0.15) is 10.2 Å². The van der Waals surface area contributed by atoms with Gasteiger partial charge in [-0.05, 0) is 42.5 Å². The zero-order valence-electron chi connectivity index (χ0n) is 12.7. The van der Waals surface area contributed by atoms with Gasteiger partial charge in [-0.1, -0.05) is 23.2 Å². The monoisotopic (exact) mass is 371 g/mol. The van der Waals surface area contributed by atoms with E-state index in [0.29, 0.717) is 32.8 Å². The van der Waals surface area contributed by atoms with Crippen molar-refractivity contribution in [3.63, 3.8) is 0 Å². The summed E-state index contributed by atoms with van der Waals surface area (Å²) in [5.41, 5.74) is 12.5. The minimum atomic E-state index is -0.000211. The van der Waals surface area contributed by atoms with Crippen molar-refractivity contribution in [2.24, 2.45) is 0 Å². The molecule has 1 aromatic heterocycles. The van der Waals surface area contributed by atoms with Gasteiger partial charge < -0.3 is 16.2 Å². The highest BCUT2D eigenvalue weighted by Gasteiger charge is 2.13. The number of nitrogens with two attached hydrogens (primary N) is 2. The second-order valence-electron chi connectivity index (χ2n) is 5.00. The first kappa shape index (κ1) is 16.8. The Kier molecular flexibility index (Phi) is 4.61. The second kappa shape index (κ2) is 6.85. The van der Waals surface area contributed by atoms with Crippen LogP contribution in [-0.4, -0.2) is 9.97 Å². The Morgan fingerprint density at radius 1 is 1.00 bits per heavy atom. The highest BCUT2D eigenvalue weighted by atomic mass is 35.5. The van der Waals surface area contributed by atoms with Gasteiger partial charge >= 0.3 is 0 Å². The number of hydrogen-bond acceptors (Lipinski definition) is 6. The number of nitrogen functional groups attached to an aromatic ring is 2. The van der Waals surface area contributed by atoms with E-state index < -0.39 is 0 Å². The highest BCUT2D eigenvalue weighted by molar-refractivity contribution is 6.35. The minimum Gasteiger partial charge on any atom is -0.456 e. The molecule has 3 rings (SSSR count). The summed E-state index contributed by atoms with van der Waals surface area (Å²) in [4.78, 5) is 7.89. The molecule has 0 unspecified atom stereocenters. The molecule has 0 aliphatic rings. The molecular formula is C17H11Cl2N5O. The molecule has 124 valence electrons. The van der Waals surface area contributed by atoms with Crippen LogP contribution in [0.1, 0.15) is 5.56 Å². The second-order valence-corrected chi connectivity index (χ2v) is 5.85. The molecular weight excluding hydrogens is 361 g/mol. The lowest BCUT2D eigenvalue weighted by Gasteiger charge is -2.10. The molecule has 0 amide bonds. The Labute approximate surface area is 153 Å². The summed E-state index contributed by atoms with van der Waals surface area (Å²) < 4.78 is 5.72. The molecule has 0 radical (unpaired) electrons. The van der Waals surface area contributed by atoms with Crippen LogP contribution in [0.15, 0.2) is 42.5 Å². The van der Waals surface area contributed by atoms with E-state index in [0.717, 1.165) is 0 Å². The van der Waals surface area contributed by atoms with E-state index in [9.17, 15) is 5.26 Å². The summed E-state index contributed by atoms with van der Waals surface area (Å²) in [7, 11) is 0. The quantitative estimate of drug-likeness (QED) is 0.710. The predicted molar refractivity (Wildman–Crippen MR) is 97.5 cm³/mol. The van der Waals surface area contributed by atoms with Gasteiger partial charge in [0, 0.05) is 10.6 Å². The van der Waals surface area contributed by atoms with Crippen molar-refractivity contribution in [2.45, 2.75) is 0 Å². The van der Waals surface area contributed by atoms with Crippen molar-refractivity contribution in [1.29, 1.82) is 5.26 Å². The molecule has 0 bridgehead atoms. The maximum atomic E-state index is 9.25. The van der Waals surface area contributed by atoms with Crippen LogP contribution in [0.25, 0.3) is 11.3 Å². The van der Waals surface area contributed by atoms with Crippen LogP contribution >= 0.6 is 23.2 Å². The lowest BCUT2D eigenvalue weighted by Crippen LogP contribution is -2.04. The van der Waals surface area contributed by atoms with Crippen molar-refractivity contribution in [2.75, 3.05) is 11.5 Å². The number of anilines is 2. The smallest absolute Gasteiger partial charge is 0.222 e. The van der Waals surface area contributed by atoms with Gasteiger partial charge in [-0.3, -0.25) is 0 Å². The van der Waals surface area contributed by atoms with E-state index in [-0.39, 0.29) is 17.3 Å². The maximum Gasteiger partial charge on any atom is 0.222 e. The van der Waals surface area contributed by atoms with Crippen molar-refractivity contribution < 1.29 is 4.74 Å². The summed E-state index contributed by atoms with van der Waals surface area (Å²) in [6.07, 6.45) is 0. The summed E-state index contributed by atoms with van der Waals surface area (Å²) in [5.74, 6) is 1.08. The molecule has 0 aliphatic carbocycles. The Morgan fingerprint density at radius 3 is 2.36 bits per heavy atom. The van der Waals surface area contributed by atoms with Crippen LogP contribution in [0, 0.1) is 11.3 Å². The third-order valence-corrected chi connectivity index (χ3v) is 3.85. The van der Waals surface area contributed by atoms with Gasteiger partial charge in [-0.15, -0.1) is 0 Å². The first-order chi connectivity index (χ1) is 12.0. The Hall–Kier alpha value is -3.01. The van der Waals surface area contributed by atoms with Crippen LogP contribution in [-0.2, 0) is 0 Å². The summed E-state index contributed by atoms with van der Waals surface area (Å²) in [6, 6.07) is 13.9. The average molecular weight is 372 g/mol. The predicted octanol–water partition coefficient (Wildman–Crippen LogP) is 4.28. The van der Waals surface area contributed by atoms with Crippen molar-refractivity contribution >= 4 is 35.0 Å². The summed E-state index contributed by atoms with van der Waals surface area (Å²) >= 11 is 12.0. The molecule has 0 fully saturated rings. The molecule has 25 heavy (non-hydrogen) atoms. The first-order valence-corrected chi connectivity index (χ1v) is 7.80. The van der Waals surface area contributed by atoms with E-state index in [1.807, 2.05) is 6.07 Å². The summed E-state index contributed by atoms with van der Waals surface area (Å²) in [5, 5.41) is 10.2.